The van der Waals surface area contributed by atoms with Crippen molar-refractivity contribution in [2.45, 2.75) is 36.8 Å². The maximum Gasteiger partial charge on any atom is 0.335 e. The van der Waals surface area contributed by atoms with Crippen LogP contribution in [-0.4, -0.2) is 35.2 Å². The first kappa shape index (κ1) is 23.1. The average Bonchev–Trinajstić information content (AvgIpc) is 3.26. The SMILES string of the molecule is Cc1ccc(NC(=O)Nc2ncc(CSc3ccc(C(=O)O)cc3)s2)c(N2CCCCC2)c1. The van der Waals surface area contributed by atoms with Crippen LogP contribution in [0.1, 0.15) is 40.1 Å². The Labute approximate surface area is 201 Å². The van der Waals surface area contributed by atoms with E-state index in [2.05, 4.69) is 33.5 Å². The lowest BCUT2D eigenvalue weighted by molar-refractivity contribution is 0.0696. The number of carbonyl (C=O) groups is 2. The number of piperidine rings is 1. The molecule has 9 heteroatoms. The van der Waals surface area contributed by atoms with Crippen molar-refractivity contribution in [3.8, 4) is 0 Å². The van der Waals surface area contributed by atoms with Gasteiger partial charge in [0.1, 0.15) is 0 Å². The van der Waals surface area contributed by atoms with Crippen LogP contribution >= 0.6 is 23.1 Å². The lowest BCUT2D eigenvalue weighted by Crippen LogP contribution is -2.31. The van der Waals surface area contributed by atoms with Gasteiger partial charge in [0.25, 0.3) is 0 Å². The fraction of sp³-hybridized carbons (Fsp3) is 0.292. The first-order valence-corrected chi connectivity index (χ1v) is 12.6. The van der Waals surface area contributed by atoms with Crippen molar-refractivity contribution in [1.82, 2.24) is 4.98 Å². The van der Waals surface area contributed by atoms with Crippen LogP contribution in [-0.2, 0) is 5.75 Å². The van der Waals surface area contributed by atoms with Gasteiger partial charge in [-0.3, -0.25) is 5.32 Å². The molecule has 172 valence electrons. The number of nitrogens with one attached hydrogen (secondary N) is 2. The predicted molar refractivity (Wildman–Crippen MR) is 135 cm³/mol. The number of aromatic carboxylic acids is 1. The molecule has 0 spiro atoms. The Hall–Kier alpha value is -3.04. The molecule has 1 aliphatic heterocycles. The number of nitrogens with zero attached hydrogens (tertiary/aromatic N) is 2. The molecule has 3 N–H and O–H groups in total. The summed E-state index contributed by atoms with van der Waals surface area (Å²) in [6, 6.07) is 12.6. The Kier molecular flexibility index (Phi) is 7.51. The smallest absolute Gasteiger partial charge is 0.335 e. The molecule has 0 atom stereocenters. The van der Waals surface area contributed by atoms with E-state index in [0.29, 0.717) is 10.9 Å². The van der Waals surface area contributed by atoms with E-state index in [1.807, 2.05) is 12.1 Å². The van der Waals surface area contributed by atoms with Crippen LogP contribution < -0.4 is 15.5 Å². The summed E-state index contributed by atoms with van der Waals surface area (Å²) in [6.07, 6.45) is 5.35. The van der Waals surface area contributed by atoms with Crippen LogP contribution in [0.15, 0.2) is 53.6 Å². The van der Waals surface area contributed by atoms with Crippen molar-refractivity contribution < 1.29 is 14.7 Å². The molecule has 33 heavy (non-hydrogen) atoms. The van der Waals surface area contributed by atoms with Crippen molar-refractivity contribution in [1.29, 1.82) is 0 Å². The molecule has 1 fully saturated rings. The number of hydrogen-bond donors (Lipinski definition) is 3. The van der Waals surface area contributed by atoms with Gasteiger partial charge in [-0.05, 0) is 68.1 Å². The average molecular weight is 483 g/mol. The highest BCUT2D eigenvalue weighted by Crippen LogP contribution is 2.31. The number of carbonyl (C=O) groups excluding carboxylic acids is 1. The zero-order chi connectivity index (χ0) is 23.2. The number of urea groups is 1. The summed E-state index contributed by atoms with van der Waals surface area (Å²) < 4.78 is 0. The van der Waals surface area contributed by atoms with E-state index >= 15 is 0 Å². The number of carboxylic acids is 1. The number of thioether (sulfide) groups is 1. The minimum absolute atomic E-state index is 0.270. The van der Waals surface area contributed by atoms with Crippen molar-refractivity contribution >= 4 is 51.6 Å². The number of benzene rings is 2. The molecular weight excluding hydrogens is 456 g/mol. The fourth-order valence-corrected chi connectivity index (χ4v) is 5.40. The summed E-state index contributed by atoms with van der Waals surface area (Å²) in [6.45, 7) is 4.07. The van der Waals surface area contributed by atoms with Crippen LogP contribution in [0.25, 0.3) is 0 Å². The second-order valence-corrected chi connectivity index (χ2v) is 10.1. The molecule has 0 unspecified atom stereocenters. The molecule has 7 nitrogen and oxygen atoms in total. The van der Waals surface area contributed by atoms with Gasteiger partial charge in [-0.2, -0.15) is 0 Å². The van der Waals surface area contributed by atoms with Crippen LogP contribution in [0.5, 0.6) is 0 Å². The molecule has 0 aliphatic carbocycles. The Morgan fingerprint density at radius 3 is 2.58 bits per heavy atom. The largest absolute Gasteiger partial charge is 0.478 e. The highest BCUT2D eigenvalue weighted by atomic mass is 32.2. The first-order valence-electron chi connectivity index (χ1n) is 10.8. The highest BCUT2D eigenvalue weighted by molar-refractivity contribution is 7.98. The Bertz CT molecular complexity index is 1120. The van der Waals surface area contributed by atoms with E-state index < -0.39 is 5.97 Å². The first-order chi connectivity index (χ1) is 16.0. The molecule has 1 aliphatic rings. The molecule has 1 aromatic heterocycles. The van der Waals surface area contributed by atoms with Gasteiger partial charge < -0.3 is 15.3 Å². The lowest BCUT2D eigenvalue weighted by atomic mass is 10.1. The van der Waals surface area contributed by atoms with Crippen LogP contribution in [0, 0.1) is 6.92 Å². The number of aromatic nitrogens is 1. The summed E-state index contributed by atoms with van der Waals surface area (Å²) >= 11 is 3.02. The molecule has 3 aromatic rings. The minimum atomic E-state index is -0.934. The van der Waals surface area contributed by atoms with Crippen molar-refractivity contribution in [2.75, 3.05) is 28.6 Å². The Morgan fingerprint density at radius 1 is 1.09 bits per heavy atom. The molecule has 4 rings (SSSR count). The maximum atomic E-state index is 12.7. The van der Waals surface area contributed by atoms with E-state index in [0.717, 1.165) is 34.2 Å². The van der Waals surface area contributed by atoms with E-state index in [9.17, 15) is 9.59 Å². The Morgan fingerprint density at radius 2 is 1.85 bits per heavy atom. The third-order valence-corrected chi connectivity index (χ3v) is 7.51. The molecule has 2 aromatic carbocycles. The number of amides is 2. The zero-order valence-electron chi connectivity index (χ0n) is 18.3. The van der Waals surface area contributed by atoms with Gasteiger partial charge in [-0.1, -0.05) is 6.07 Å². The second-order valence-electron chi connectivity index (χ2n) is 7.90. The number of anilines is 3. The number of thiazole rings is 1. The number of aryl methyl sites for hydroxylation is 1. The third-order valence-electron chi connectivity index (χ3n) is 5.35. The predicted octanol–water partition coefficient (Wildman–Crippen LogP) is 6.08. The highest BCUT2D eigenvalue weighted by Gasteiger charge is 2.17. The summed E-state index contributed by atoms with van der Waals surface area (Å²) in [4.78, 5) is 32.3. The monoisotopic (exact) mass is 482 g/mol. The molecule has 0 radical (unpaired) electrons. The summed E-state index contributed by atoms with van der Waals surface area (Å²) in [5.41, 5.74) is 3.31. The van der Waals surface area contributed by atoms with E-state index in [4.69, 9.17) is 5.11 Å². The van der Waals surface area contributed by atoms with Crippen molar-refractivity contribution in [2.24, 2.45) is 0 Å². The Balaban J connectivity index is 1.34. The normalized spacial score (nSPS) is 13.5. The quantitative estimate of drug-likeness (QED) is 0.354. The molecular formula is C24H26N4O3S2. The lowest BCUT2D eigenvalue weighted by Gasteiger charge is -2.30. The van der Waals surface area contributed by atoms with E-state index in [1.54, 1.807) is 42.2 Å². The number of hydrogen-bond acceptors (Lipinski definition) is 6. The van der Waals surface area contributed by atoms with Gasteiger partial charge in [0.05, 0.1) is 16.9 Å². The standard InChI is InChI=1S/C24H26N4O3S2/c1-16-5-10-20(21(13-16)28-11-3-2-4-12-28)26-23(31)27-24-25-14-19(33-24)15-32-18-8-6-17(7-9-18)22(29)30/h5-10,13-14H,2-4,11-12,15H2,1H3,(H,29,30)(H2,25,26,27,31). The molecule has 0 bridgehead atoms. The summed E-state index contributed by atoms with van der Waals surface area (Å²) in [5.74, 6) is -0.249. The van der Waals surface area contributed by atoms with Crippen LogP contribution in [0.2, 0.25) is 0 Å². The summed E-state index contributed by atoms with van der Waals surface area (Å²) in [5, 5.41) is 15.4. The van der Waals surface area contributed by atoms with Crippen LogP contribution in [0.3, 0.4) is 0 Å². The minimum Gasteiger partial charge on any atom is -0.478 e. The number of rotatable bonds is 7. The third kappa shape index (κ3) is 6.27. The van der Waals surface area contributed by atoms with Crippen LogP contribution in [0.4, 0.5) is 21.3 Å². The van der Waals surface area contributed by atoms with Gasteiger partial charge in [0.2, 0.25) is 0 Å². The molecule has 1 saturated heterocycles. The van der Waals surface area contributed by atoms with Gasteiger partial charge in [-0.15, -0.1) is 23.1 Å². The van der Waals surface area contributed by atoms with Gasteiger partial charge >= 0.3 is 12.0 Å². The van der Waals surface area contributed by atoms with E-state index in [1.165, 1.54) is 36.2 Å². The molecule has 2 amide bonds. The molecule has 2 heterocycles. The van der Waals surface area contributed by atoms with Gasteiger partial charge in [-0.25, -0.2) is 14.6 Å². The summed E-state index contributed by atoms with van der Waals surface area (Å²) in [7, 11) is 0. The topological polar surface area (TPSA) is 94.6 Å². The van der Waals surface area contributed by atoms with Crippen molar-refractivity contribution in [3.63, 3.8) is 0 Å². The zero-order valence-corrected chi connectivity index (χ0v) is 20.0. The van der Waals surface area contributed by atoms with Gasteiger partial charge in [0, 0.05) is 34.8 Å². The second kappa shape index (κ2) is 10.7. The van der Waals surface area contributed by atoms with Gasteiger partial charge in [0.15, 0.2) is 5.13 Å². The molecule has 0 saturated carbocycles. The fourth-order valence-electron chi connectivity index (χ4n) is 3.67. The van der Waals surface area contributed by atoms with E-state index in [-0.39, 0.29) is 11.6 Å². The van der Waals surface area contributed by atoms with Crippen molar-refractivity contribution in [3.05, 3.63) is 64.7 Å². The number of carboxylic acid groups (broad SMARTS) is 1. The maximum absolute atomic E-state index is 12.7.